The molecule has 0 aliphatic heterocycles. The minimum atomic E-state index is -3.57. The minimum Gasteiger partial charge on any atom is -0.362 e. The first-order valence-corrected chi connectivity index (χ1v) is 7.95. The molecule has 0 spiro atoms. The van der Waals surface area contributed by atoms with Gasteiger partial charge in [-0.15, -0.1) is 0 Å². The zero-order valence-corrected chi connectivity index (χ0v) is 12.0. The van der Waals surface area contributed by atoms with E-state index in [0.29, 0.717) is 0 Å². The third-order valence-corrected chi connectivity index (χ3v) is 4.34. The van der Waals surface area contributed by atoms with Crippen LogP contribution in [-0.2, 0) is 9.09 Å². The maximum absolute atomic E-state index is 11.8. The number of rotatable bonds is 5. The van der Waals surface area contributed by atoms with Gasteiger partial charge in [-0.05, 0) is 18.4 Å². The van der Waals surface area contributed by atoms with Crippen LogP contribution >= 0.6 is 7.60 Å². The maximum atomic E-state index is 11.8. The molecular formula is C14H18NO3P. The van der Waals surface area contributed by atoms with Crippen molar-refractivity contribution < 1.29 is 14.0 Å². The van der Waals surface area contributed by atoms with Gasteiger partial charge in [-0.1, -0.05) is 36.4 Å². The van der Waals surface area contributed by atoms with Crippen molar-refractivity contribution in [3.63, 3.8) is 0 Å². The second-order valence-electron chi connectivity index (χ2n) is 4.39. The molecule has 0 aliphatic carbocycles. The van der Waals surface area contributed by atoms with Gasteiger partial charge >= 0.3 is 7.60 Å². The monoisotopic (exact) mass is 279 g/mol. The molecule has 0 saturated carbocycles. The Morgan fingerprint density at radius 1 is 1.21 bits per heavy atom. The molecule has 1 N–H and O–H groups in total. The number of anilines is 1. The Morgan fingerprint density at radius 3 is 2.63 bits per heavy atom. The van der Waals surface area contributed by atoms with E-state index in [1.165, 1.54) is 0 Å². The Morgan fingerprint density at radius 2 is 1.89 bits per heavy atom. The highest BCUT2D eigenvalue weighted by atomic mass is 31.2. The fraction of sp³-hybridized carbons (Fsp3) is 0.286. The molecule has 0 aromatic heterocycles. The van der Waals surface area contributed by atoms with Gasteiger partial charge < -0.3 is 14.3 Å². The third-order valence-electron chi connectivity index (χ3n) is 2.90. The number of fused-ring (bicyclic) bond motifs is 1. The topological polar surface area (TPSA) is 49.8 Å². The molecule has 2 aromatic carbocycles. The lowest BCUT2D eigenvalue weighted by atomic mass is 10.1. The zero-order chi connectivity index (χ0) is 13.9. The van der Waals surface area contributed by atoms with Crippen LogP contribution in [0.25, 0.3) is 10.8 Å². The normalized spacial score (nSPS) is 14.3. The molecule has 1 atom stereocenters. The highest BCUT2D eigenvalue weighted by Crippen LogP contribution is 2.43. The molecule has 0 heterocycles. The van der Waals surface area contributed by atoms with E-state index in [0.717, 1.165) is 16.5 Å². The molecule has 0 bridgehead atoms. The summed E-state index contributed by atoms with van der Waals surface area (Å²) in [7, 11) is -1.77. The summed E-state index contributed by atoms with van der Waals surface area (Å²) < 4.78 is 16.7. The van der Waals surface area contributed by atoms with Crippen molar-refractivity contribution in [2.24, 2.45) is 0 Å². The lowest BCUT2D eigenvalue weighted by Gasteiger charge is -2.23. The standard InChI is InChI=1S/C14H18NO3P/c1-3-18-19(16,17)11-15(2)14-10-6-8-12-7-4-5-9-13(12)14/h4-10H,3,11H2,1-2H3,(H,16,17). The molecular weight excluding hydrogens is 261 g/mol. The smallest absolute Gasteiger partial charge is 0.347 e. The van der Waals surface area contributed by atoms with E-state index < -0.39 is 7.60 Å². The number of hydrogen-bond acceptors (Lipinski definition) is 3. The Labute approximate surface area is 113 Å². The van der Waals surface area contributed by atoms with Crippen LogP contribution in [0.5, 0.6) is 0 Å². The molecule has 2 aromatic rings. The number of nitrogens with zero attached hydrogens (tertiary/aromatic N) is 1. The molecule has 4 nitrogen and oxygen atoms in total. The molecule has 19 heavy (non-hydrogen) atoms. The molecule has 5 heteroatoms. The Kier molecular flexibility index (Phi) is 4.25. The van der Waals surface area contributed by atoms with Gasteiger partial charge in [0.25, 0.3) is 0 Å². The first-order chi connectivity index (χ1) is 9.03. The summed E-state index contributed by atoms with van der Waals surface area (Å²) in [4.78, 5) is 11.5. The van der Waals surface area contributed by atoms with Crippen LogP contribution in [0.15, 0.2) is 42.5 Å². The molecule has 0 aliphatic rings. The first kappa shape index (κ1) is 14.1. The van der Waals surface area contributed by atoms with Gasteiger partial charge in [-0.3, -0.25) is 4.57 Å². The van der Waals surface area contributed by atoms with Crippen LogP contribution in [0.4, 0.5) is 5.69 Å². The van der Waals surface area contributed by atoms with Crippen LogP contribution in [-0.4, -0.2) is 24.8 Å². The Balaban J connectivity index is 2.32. The van der Waals surface area contributed by atoms with E-state index in [1.54, 1.807) is 18.9 Å². The van der Waals surface area contributed by atoms with Gasteiger partial charge in [-0.2, -0.15) is 0 Å². The van der Waals surface area contributed by atoms with E-state index in [9.17, 15) is 9.46 Å². The van der Waals surface area contributed by atoms with Crippen molar-refractivity contribution in [3.8, 4) is 0 Å². The van der Waals surface area contributed by atoms with Gasteiger partial charge in [0.1, 0.15) is 6.29 Å². The summed E-state index contributed by atoms with van der Waals surface area (Å²) in [5.41, 5.74) is 0.923. The van der Waals surface area contributed by atoms with Crippen LogP contribution in [0.2, 0.25) is 0 Å². The number of benzene rings is 2. The van der Waals surface area contributed by atoms with Crippen LogP contribution in [0.1, 0.15) is 6.92 Å². The molecule has 0 saturated heterocycles. The summed E-state index contributed by atoms with van der Waals surface area (Å²) in [5, 5.41) is 2.17. The maximum Gasteiger partial charge on any atom is 0.347 e. The van der Waals surface area contributed by atoms with Crippen molar-refractivity contribution in [1.29, 1.82) is 0 Å². The van der Waals surface area contributed by atoms with Crippen LogP contribution in [0, 0.1) is 0 Å². The predicted octanol–water partition coefficient (Wildman–Crippen LogP) is 3.46. The van der Waals surface area contributed by atoms with Crippen molar-refractivity contribution in [2.75, 3.05) is 24.8 Å². The predicted molar refractivity (Wildman–Crippen MR) is 78.7 cm³/mol. The van der Waals surface area contributed by atoms with E-state index >= 15 is 0 Å². The van der Waals surface area contributed by atoms with E-state index in [-0.39, 0.29) is 12.9 Å². The Hall–Kier alpha value is -1.35. The third kappa shape index (κ3) is 3.35. The zero-order valence-electron chi connectivity index (χ0n) is 11.1. The van der Waals surface area contributed by atoms with Crippen molar-refractivity contribution in [3.05, 3.63) is 42.5 Å². The lowest BCUT2D eigenvalue weighted by Crippen LogP contribution is -2.19. The van der Waals surface area contributed by atoms with E-state index in [2.05, 4.69) is 0 Å². The van der Waals surface area contributed by atoms with Gasteiger partial charge in [-0.25, -0.2) is 0 Å². The summed E-state index contributed by atoms with van der Waals surface area (Å²) in [6.07, 6.45) is -0.0190. The molecule has 102 valence electrons. The minimum absolute atomic E-state index is 0.0190. The van der Waals surface area contributed by atoms with Gasteiger partial charge in [0, 0.05) is 18.1 Å². The van der Waals surface area contributed by atoms with Gasteiger partial charge in [0.05, 0.1) is 6.61 Å². The molecule has 1 unspecified atom stereocenters. The van der Waals surface area contributed by atoms with Crippen LogP contribution in [0.3, 0.4) is 0 Å². The second kappa shape index (κ2) is 5.74. The fourth-order valence-electron chi connectivity index (χ4n) is 2.13. The van der Waals surface area contributed by atoms with E-state index in [1.807, 2.05) is 42.5 Å². The highest BCUT2D eigenvalue weighted by Gasteiger charge is 2.22. The van der Waals surface area contributed by atoms with Crippen molar-refractivity contribution >= 4 is 24.1 Å². The first-order valence-electron chi connectivity index (χ1n) is 6.19. The molecule has 0 radical (unpaired) electrons. The number of hydrogen-bond donors (Lipinski definition) is 1. The SMILES string of the molecule is CCOP(=O)(O)CN(C)c1cccc2ccccc12. The summed E-state index contributed by atoms with van der Waals surface area (Å²) >= 11 is 0. The second-order valence-corrected chi connectivity index (χ2v) is 6.21. The fourth-order valence-corrected chi connectivity index (χ4v) is 3.30. The van der Waals surface area contributed by atoms with Crippen molar-refractivity contribution in [2.45, 2.75) is 6.92 Å². The summed E-state index contributed by atoms with van der Waals surface area (Å²) in [6, 6.07) is 13.9. The molecule has 0 fully saturated rings. The van der Waals surface area contributed by atoms with Gasteiger partial charge in [0.2, 0.25) is 0 Å². The molecule has 2 rings (SSSR count). The highest BCUT2D eigenvalue weighted by molar-refractivity contribution is 7.52. The van der Waals surface area contributed by atoms with Gasteiger partial charge in [0.15, 0.2) is 0 Å². The largest absolute Gasteiger partial charge is 0.362 e. The summed E-state index contributed by atoms with van der Waals surface area (Å²) in [5.74, 6) is 0. The molecule has 0 amide bonds. The van der Waals surface area contributed by atoms with E-state index in [4.69, 9.17) is 4.52 Å². The van der Waals surface area contributed by atoms with Crippen molar-refractivity contribution in [1.82, 2.24) is 0 Å². The van der Waals surface area contributed by atoms with Crippen LogP contribution < -0.4 is 4.90 Å². The quantitative estimate of drug-likeness (QED) is 0.852. The lowest BCUT2D eigenvalue weighted by molar-refractivity contribution is 0.274. The Bertz CT molecular complexity index is 609. The average Bonchev–Trinajstić information content (AvgIpc) is 2.37. The average molecular weight is 279 g/mol. The summed E-state index contributed by atoms with van der Waals surface area (Å²) in [6.45, 7) is 1.94.